The molecule has 0 saturated carbocycles. The van der Waals surface area contributed by atoms with Crippen LogP contribution in [0.1, 0.15) is 0 Å². The lowest BCUT2D eigenvalue weighted by atomic mass is 10.00. The van der Waals surface area contributed by atoms with Gasteiger partial charge in [0.15, 0.2) is 0 Å². The van der Waals surface area contributed by atoms with Gasteiger partial charge in [0.1, 0.15) is 9.85 Å². The topological polar surface area (TPSA) is 86.3 Å². The van der Waals surface area contributed by atoms with Crippen molar-refractivity contribution in [3.8, 4) is 0 Å². The van der Waals surface area contributed by atoms with Crippen LogP contribution in [0.25, 0.3) is 0 Å². The minimum absolute atomic E-state index is 0.514. The number of nitro groups is 2. The Morgan fingerprint density at radius 2 is 1.57 bits per heavy atom. The Morgan fingerprint density at radius 1 is 1.14 bits per heavy atom. The second-order valence-corrected chi connectivity index (χ2v) is 3.13. The SMILES string of the molecule is O=[N+]([O-])C1([N+](=O)[O-])C=CC=CC1(F)Cl. The van der Waals surface area contributed by atoms with Crippen molar-refractivity contribution in [1.82, 2.24) is 0 Å². The van der Waals surface area contributed by atoms with Gasteiger partial charge in [-0.3, -0.25) is 20.2 Å². The van der Waals surface area contributed by atoms with E-state index >= 15 is 0 Å². The van der Waals surface area contributed by atoms with Crippen molar-refractivity contribution in [1.29, 1.82) is 0 Å². The summed E-state index contributed by atoms with van der Waals surface area (Å²) in [5, 5.41) is 17.8. The van der Waals surface area contributed by atoms with E-state index in [9.17, 15) is 24.6 Å². The van der Waals surface area contributed by atoms with Crippen molar-refractivity contribution in [3.63, 3.8) is 0 Å². The van der Waals surface area contributed by atoms with Gasteiger partial charge in [-0.15, -0.1) is 0 Å². The van der Waals surface area contributed by atoms with E-state index < -0.39 is 20.6 Å². The van der Waals surface area contributed by atoms with Crippen molar-refractivity contribution in [2.75, 3.05) is 0 Å². The van der Waals surface area contributed by atoms with Gasteiger partial charge >= 0.3 is 10.8 Å². The first kappa shape index (κ1) is 10.6. The maximum atomic E-state index is 13.4. The number of halogens is 2. The van der Waals surface area contributed by atoms with Gasteiger partial charge < -0.3 is 0 Å². The zero-order valence-electron chi connectivity index (χ0n) is 6.59. The van der Waals surface area contributed by atoms with Crippen molar-refractivity contribution in [3.05, 3.63) is 44.5 Å². The number of hydrogen-bond acceptors (Lipinski definition) is 4. The Bertz CT molecular complexity index is 338. The van der Waals surface area contributed by atoms with Crippen LogP contribution in [0.2, 0.25) is 0 Å². The fraction of sp³-hybridized carbons (Fsp3) is 0.333. The molecule has 0 aliphatic heterocycles. The van der Waals surface area contributed by atoms with Gasteiger partial charge in [0.2, 0.25) is 0 Å². The molecule has 0 N–H and O–H groups in total. The lowest BCUT2D eigenvalue weighted by Gasteiger charge is -2.22. The van der Waals surface area contributed by atoms with E-state index in [4.69, 9.17) is 11.6 Å². The van der Waals surface area contributed by atoms with Crippen LogP contribution in [0.15, 0.2) is 24.3 Å². The first-order chi connectivity index (χ1) is 6.34. The molecule has 0 saturated heterocycles. The Balaban J connectivity index is 3.36. The van der Waals surface area contributed by atoms with Gasteiger partial charge in [0.05, 0.1) is 6.08 Å². The monoisotopic (exact) mass is 222 g/mol. The molecule has 0 amide bonds. The Hall–Kier alpha value is -1.50. The Kier molecular flexibility index (Phi) is 2.28. The fourth-order valence-corrected chi connectivity index (χ4v) is 1.31. The molecule has 6 nitrogen and oxygen atoms in total. The third-order valence-electron chi connectivity index (χ3n) is 1.79. The summed E-state index contributed by atoms with van der Waals surface area (Å²) in [5.41, 5.74) is -3.15. The van der Waals surface area contributed by atoms with E-state index in [0.29, 0.717) is 12.2 Å². The fourth-order valence-electron chi connectivity index (χ4n) is 1.03. The summed E-state index contributed by atoms with van der Waals surface area (Å²) < 4.78 is 13.4. The van der Waals surface area contributed by atoms with Gasteiger partial charge in [0, 0.05) is 0 Å². The van der Waals surface area contributed by atoms with Crippen LogP contribution in [0, 0.1) is 20.2 Å². The first-order valence-corrected chi connectivity index (χ1v) is 3.76. The molecule has 0 aromatic heterocycles. The van der Waals surface area contributed by atoms with Crippen LogP contribution in [0.4, 0.5) is 4.39 Å². The zero-order valence-corrected chi connectivity index (χ0v) is 7.35. The van der Waals surface area contributed by atoms with Crippen molar-refractivity contribution >= 4 is 11.6 Å². The summed E-state index contributed by atoms with van der Waals surface area (Å²) in [4.78, 5) is 18.3. The van der Waals surface area contributed by atoms with E-state index in [1.165, 1.54) is 0 Å². The summed E-state index contributed by atoms with van der Waals surface area (Å²) in [6.07, 6.45) is 3.16. The number of allylic oxidation sites excluding steroid dienone is 2. The van der Waals surface area contributed by atoms with E-state index in [2.05, 4.69) is 0 Å². The average Bonchev–Trinajstić information content (AvgIpc) is 2.02. The van der Waals surface area contributed by atoms with Crippen LogP contribution in [-0.4, -0.2) is 20.6 Å². The van der Waals surface area contributed by atoms with Crippen LogP contribution in [-0.2, 0) is 0 Å². The summed E-state index contributed by atoms with van der Waals surface area (Å²) in [6, 6.07) is 0. The number of alkyl halides is 2. The van der Waals surface area contributed by atoms with Crippen molar-refractivity contribution in [2.45, 2.75) is 10.8 Å². The number of nitrogens with zero attached hydrogens (tertiary/aromatic N) is 2. The standard InChI is InChI=1S/C6H4ClFN2O4/c7-5(8)3-1-2-4-6(5,9(11)12)10(13)14/h1-4H. The molecule has 0 bridgehead atoms. The van der Waals surface area contributed by atoms with Gasteiger partial charge in [-0.2, -0.15) is 0 Å². The predicted octanol–water partition coefficient (Wildman–Crippen LogP) is 1.27. The molecule has 0 spiro atoms. The molecule has 1 aliphatic carbocycles. The molecule has 0 fully saturated rings. The second kappa shape index (κ2) is 3.02. The summed E-state index contributed by atoms with van der Waals surface area (Å²) in [5.74, 6) is 0. The lowest BCUT2D eigenvalue weighted by Crippen LogP contribution is -2.57. The summed E-state index contributed by atoms with van der Waals surface area (Å²) in [6.45, 7) is 0. The lowest BCUT2D eigenvalue weighted by molar-refractivity contribution is -0.790. The number of hydrogen-bond donors (Lipinski definition) is 0. The molecule has 76 valence electrons. The van der Waals surface area contributed by atoms with E-state index in [1.807, 2.05) is 0 Å². The highest BCUT2D eigenvalue weighted by molar-refractivity contribution is 6.25. The largest absolute Gasteiger partial charge is 0.527 e. The maximum Gasteiger partial charge on any atom is 0.527 e. The van der Waals surface area contributed by atoms with Crippen LogP contribution < -0.4 is 0 Å². The van der Waals surface area contributed by atoms with Crippen molar-refractivity contribution < 1.29 is 14.2 Å². The van der Waals surface area contributed by atoms with E-state index in [0.717, 1.165) is 12.2 Å². The molecule has 1 atom stereocenters. The molecule has 0 aromatic rings. The highest BCUT2D eigenvalue weighted by Crippen LogP contribution is 2.39. The molecule has 0 aromatic carbocycles. The van der Waals surface area contributed by atoms with E-state index in [-0.39, 0.29) is 0 Å². The zero-order chi connectivity index (χ0) is 11.0. The molecule has 1 rings (SSSR count). The van der Waals surface area contributed by atoms with E-state index in [1.54, 1.807) is 0 Å². The third-order valence-corrected chi connectivity index (χ3v) is 2.20. The van der Waals surface area contributed by atoms with Gasteiger partial charge in [-0.1, -0.05) is 23.8 Å². The molecule has 1 unspecified atom stereocenters. The number of rotatable bonds is 2. The van der Waals surface area contributed by atoms with Crippen LogP contribution in [0.3, 0.4) is 0 Å². The van der Waals surface area contributed by atoms with Crippen LogP contribution >= 0.6 is 11.6 Å². The highest BCUT2D eigenvalue weighted by atomic mass is 35.5. The Morgan fingerprint density at radius 3 is 1.86 bits per heavy atom. The minimum Gasteiger partial charge on any atom is -0.258 e. The molecular formula is C6H4ClFN2O4. The minimum atomic E-state index is -3.16. The maximum absolute atomic E-state index is 13.4. The average molecular weight is 223 g/mol. The Labute approximate surface area is 82.0 Å². The normalized spacial score (nSPS) is 28.7. The molecule has 14 heavy (non-hydrogen) atoms. The summed E-state index contributed by atoms with van der Waals surface area (Å²) in [7, 11) is 0. The molecule has 0 radical (unpaired) electrons. The highest BCUT2D eigenvalue weighted by Gasteiger charge is 2.71. The first-order valence-electron chi connectivity index (χ1n) is 3.38. The van der Waals surface area contributed by atoms with Gasteiger partial charge in [-0.25, -0.2) is 4.39 Å². The molecular weight excluding hydrogens is 219 g/mol. The predicted molar refractivity (Wildman–Crippen MR) is 44.7 cm³/mol. The quantitative estimate of drug-likeness (QED) is 0.305. The van der Waals surface area contributed by atoms with Crippen molar-refractivity contribution in [2.24, 2.45) is 0 Å². The summed E-state index contributed by atoms with van der Waals surface area (Å²) >= 11 is 5.10. The van der Waals surface area contributed by atoms with Crippen LogP contribution in [0.5, 0.6) is 0 Å². The molecule has 0 heterocycles. The smallest absolute Gasteiger partial charge is 0.258 e. The van der Waals surface area contributed by atoms with Gasteiger partial charge in [-0.05, 0) is 6.08 Å². The molecule has 8 heteroatoms. The third kappa shape index (κ3) is 1.17. The second-order valence-electron chi connectivity index (χ2n) is 2.58. The molecule has 1 aliphatic rings. The van der Waals surface area contributed by atoms with Gasteiger partial charge in [0.25, 0.3) is 0 Å².